The third kappa shape index (κ3) is 4.61. The van der Waals surface area contributed by atoms with Gasteiger partial charge in [0.15, 0.2) is 0 Å². The minimum absolute atomic E-state index is 0.366. The highest BCUT2D eigenvalue weighted by Gasteiger charge is 2.12. The maximum absolute atomic E-state index is 6.20. The summed E-state index contributed by atoms with van der Waals surface area (Å²) in [6, 6.07) is 26.7. The predicted octanol–water partition coefficient (Wildman–Crippen LogP) is 5.56. The van der Waals surface area contributed by atoms with Crippen LogP contribution in [0.2, 0.25) is 0 Å². The molecule has 0 aliphatic heterocycles. The van der Waals surface area contributed by atoms with Gasteiger partial charge in [0, 0.05) is 23.5 Å². The number of methoxy groups -OCH3 is 1. The number of rotatable bonds is 6. The van der Waals surface area contributed by atoms with E-state index in [9.17, 15) is 0 Å². The monoisotopic (exact) mass is 410 g/mol. The molecule has 0 saturated heterocycles. The first kappa shape index (κ1) is 20.3. The van der Waals surface area contributed by atoms with Crippen molar-refractivity contribution >= 4 is 22.9 Å². The van der Waals surface area contributed by atoms with Crippen LogP contribution in [0, 0.1) is 6.92 Å². The van der Waals surface area contributed by atoms with Gasteiger partial charge in [-0.3, -0.25) is 0 Å². The Bertz CT molecular complexity index is 1210. The van der Waals surface area contributed by atoms with Gasteiger partial charge in [0.1, 0.15) is 11.6 Å². The number of benzene rings is 3. The van der Waals surface area contributed by atoms with Crippen molar-refractivity contribution in [3.63, 3.8) is 0 Å². The molecule has 0 aliphatic rings. The van der Waals surface area contributed by atoms with Crippen molar-refractivity contribution in [3.8, 4) is 16.9 Å². The standard InChI is InChI=1S/C26H26N4O/c1-17-13-21(25(27)26(28)29-17)15-20-14-19(11-12-24(20)31-2)18-7-6-10-23(16-18)30-22-8-4-3-5-9-22/h3-14,16,30H,15,27H2,1-2H3,(H2,28,29). The Labute approximate surface area is 182 Å². The van der Waals surface area contributed by atoms with Crippen LogP contribution < -0.4 is 21.5 Å². The van der Waals surface area contributed by atoms with Crippen LogP contribution in [0.15, 0.2) is 78.9 Å². The van der Waals surface area contributed by atoms with Crippen molar-refractivity contribution in [2.24, 2.45) is 0 Å². The maximum atomic E-state index is 6.20. The van der Waals surface area contributed by atoms with Crippen molar-refractivity contribution in [2.75, 3.05) is 23.9 Å². The zero-order valence-electron chi connectivity index (χ0n) is 17.7. The smallest absolute Gasteiger partial charge is 0.147 e. The molecular formula is C26H26N4O. The molecule has 5 heteroatoms. The Morgan fingerprint density at radius 3 is 2.32 bits per heavy atom. The van der Waals surface area contributed by atoms with Crippen LogP contribution in [0.25, 0.3) is 11.1 Å². The molecule has 0 amide bonds. The maximum Gasteiger partial charge on any atom is 0.147 e. The molecule has 5 N–H and O–H groups in total. The van der Waals surface area contributed by atoms with Gasteiger partial charge in [-0.25, -0.2) is 4.98 Å². The van der Waals surface area contributed by atoms with E-state index in [0.717, 1.165) is 45.1 Å². The summed E-state index contributed by atoms with van der Waals surface area (Å²) in [5, 5.41) is 3.45. The molecule has 0 unspecified atom stereocenters. The minimum Gasteiger partial charge on any atom is -0.496 e. The summed E-state index contributed by atoms with van der Waals surface area (Å²) in [4.78, 5) is 4.24. The van der Waals surface area contributed by atoms with Gasteiger partial charge in [0.05, 0.1) is 12.8 Å². The Hall–Kier alpha value is -3.99. The Balaban J connectivity index is 1.67. The number of hydrogen-bond acceptors (Lipinski definition) is 5. The predicted molar refractivity (Wildman–Crippen MR) is 129 cm³/mol. The Morgan fingerprint density at radius 2 is 1.55 bits per heavy atom. The highest BCUT2D eigenvalue weighted by atomic mass is 16.5. The molecular weight excluding hydrogens is 384 g/mol. The van der Waals surface area contributed by atoms with Crippen LogP contribution in [0.5, 0.6) is 5.75 Å². The van der Waals surface area contributed by atoms with Crippen LogP contribution in [-0.2, 0) is 6.42 Å². The number of nitrogens with one attached hydrogen (secondary N) is 1. The van der Waals surface area contributed by atoms with Crippen molar-refractivity contribution in [2.45, 2.75) is 13.3 Å². The molecule has 5 nitrogen and oxygen atoms in total. The van der Waals surface area contributed by atoms with E-state index in [2.05, 4.69) is 46.7 Å². The number of aromatic nitrogens is 1. The lowest BCUT2D eigenvalue weighted by atomic mass is 9.97. The van der Waals surface area contributed by atoms with E-state index in [1.807, 2.05) is 49.4 Å². The fraction of sp³-hybridized carbons (Fsp3) is 0.115. The molecule has 0 radical (unpaired) electrons. The van der Waals surface area contributed by atoms with E-state index in [1.54, 1.807) is 7.11 Å². The van der Waals surface area contributed by atoms with Crippen LogP contribution in [-0.4, -0.2) is 12.1 Å². The number of nitrogens with zero attached hydrogens (tertiary/aromatic N) is 1. The fourth-order valence-corrected chi connectivity index (χ4v) is 3.69. The van der Waals surface area contributed by atoms with E-state index in [1.165, 1.54) is 0 Å². The summed E-state index contributed by atoms with van der Waals surface area (Å²) in [6.45, 7) is 1.91. The molecule has 0 bridgehead atoms. The van der Waals surface area contributed by atoms with E-state index in [-0.39, 0.29) is 0 Å². The van der Waals surface area contributed by atoms with Gasteiger partial charge in [0.25, 0.3) is 0 Å². The van der Waals surface area contributed by atoms with Crippen molar-refractivity contribution in [3.05, 3.63) is 95.7 Å². The zero-order chi connectivity index (χ0) is 21.8. The molecule has 1 heterocycles. The van der Waals surface area contributed by atoms with E-state index >= 15 is 0 Å². The summed E-state index contributed by atoms with van der Waals surface area (Å²) in [5.74, 6) is 1.18. The van der Waals surface area contributed by atoms with Crippen LogP contribution >= 0.6 is 0 Å². The van der Waals surface area contributed by atoms with Gasteiger partial charge in [-0.1, -0.05) is 36.4 Å². The molecule has 3 aromatic carbocycles. The molecule has 0 fully saturated rings. The first-order valence-corrected chi connectivity index (χ1v) is 10.1. The molecule has 4 aromatic rings. The molecule has 4 rings (SSSR count). The number of ether oxygens (including phenoxy) is 1. The molecule has 0 spiro atoms. The first-order chi connectivity index (χ1) is 15.0. The third-order valence-electron chi connectivity index (χ3n) is 5.22. The molecule has 1 aromatic heterocycles. The van der Waals surface area contributed by atoms with E-state index < -0.39 is 0 Å². The SMILES string of the molecule is COc1ccc(-c2cccc(Nc3ccccc3)c2)cc1Cc1cc(C)nc(N)c1N. The van der Waals surface area contributed by atoms with Gasteiger partial charge in [-0.05, 0) is 71.6 Å². The number of aryl methyl sites for hydroxylation is 1. The number of anilines is 4. The van der Waals surface area contributed by atoms with Crippen molar-refractivity contribution in [1.82, 2.24) is 4.98 Å². The van der Waals surface area contributed by atoms with Crippen LogP contribution in [0.4, 0.5) is 22.9 Å². The largest absolute Gasteiger partial charge is 0.496 e. The van der Waals surface area contributed by atoms with E-state index in [4.69, 9.17) is 16.2 Å². The summed E-state index contributed by atoms with van der Waals surface area (Å²) in [6.07, 6.45) is 0.609. The van der Waals surface area contributed by atoms with Gasteiger partial charge in [0.2, 0.25) is 0 Å². The second-order valence-corrected chi connectivity index (χ2v) is 7.50. The molecule has 156 valence electrons. The second kappa shape index (κ2) is 8.79. The zero-order valence-corrected chi connectivity index (χ0v) is 17.7. The lowest BCUT2D eigenvalue weighted by Gasteiger charge is -2.14. The second-order valence-electron chi connectivity index (χ2n) is 7.50. The van der Waals surface area contributed by atoms with Crippen LogP contribution in [0.1, 0.15) is 16.8 Å². The number of pyridine rings is 1. The topological polar surface area (TPSA) is 86.2 Å². The number of nitrogen functional groups attached to an aromatic ring is 2. The van der Waals surface area contributed by atoms with Gasteiger partial charge >= 0.3 is 0 Å². The van der Waals surface area contributed by atoms with Crippen molar-refractivity contribution < 1.29 is 4.74 Å². The van der Waals surface area contributed by atoms with Crippen LogP contribution in [0.3, 0.4) is 0 Å². The Morgan fingerprint density at radius 1 is 0.806 bits per heavy atom. The third-order valence-corrected chi connectivity index (χ3v) is 5.22. The summed E-state index contributed by atoms with van der Waals surface area (Å²) < 4.78 is 5.61. The summed E-state index contributed by atoms with van der Waals surface area (Å²) in [7, 11) is 1.68. The summed E-state index contributed by atoms with van der Waals surface area (Å²) in [5.41, 5.74) is 19.8. The highest BCUT2D eigenvalue weighted by Crippen LogP contribution is 2.32. The lowest BCUT2D eigenvalue weighted by Crippen LogP contribution is -2.05. The van der Waals surface area contributed by atoms with Gasteiger partial charge in [-0.2, -0.15) is 0 Å². The molecule has 31 heavy (non-hydrogen) atoms. The number of hydrogen-bond donors (Lipinski definition) is 3. The molecule has 0 atom stereocenters. The number of nitrogens with two attached hydrogens (primary N) is 2. The fourth-order valence-electron chi connectivity index (χ4n) is 3.69. The minimum atomic E-state index is 0.366. The number of para-hydroxylation sites is 1. The van der Waals surface area contributed by atoms with Gasteiger partial charge < -0.3 is 21.5 Å². The molecule has 0 saturated carbocycles. The van der Waals surface area contributed by atoms with Gasteiger partial charge in [-0.15, -0.1) is 0 Å². The van der Waals surface area contributed by atoms with E-state index in [0.29, 0.717) is 17.9 Å². The molecule has 0 aliphatic carbocycles. The summed E-state index contributed by atoms with van der Waals surface area (Å²) >= 11 is 0. The average Bonchev–Trinajstić information content (AvgIpc) is 2.78. The lowest BCUT2D eigenvalue weighted by molar-refractivity contribution is 0.410. The average molecular weight is 411 g/mol. The highest BCUT2D eigenvalue weighted by molar-refractivity contribution is 5.72. The van der Waals surface area contributed by atoms with Crippen molar-refractivity contribution in [1.29, 1.82) is 0 Å². The normalized spacial score (nSPS) is 10.6. The first-order valence-electron chi connectivity index (χ1n) is 10.1. The quantitative estimate of drug-likeness (QED) is 0.387. The Kier molecular flexibility index (Phi) is 5.76.